The van der Waals surface area contributed by atoms with Gasteiger partial charge in [-0.25, -0.2) is 4.39 Å². The zero-order valence-corrected chi connectivity index (χ0v) is 12.1. The molecule has 2 nitrogen and oxygen atoms in total. The quantitative estimate of drug-likeness (QED) is 0.534. The number of allylic oxidation sites excluding steroid dienone is 4. The summed E-state index contributed by atoms with van der Waals surface area (Å²) < 4.78 is 19.0. The van der Waals surface area contributed by atoms with Crippen molar-refractivity contribution in [3.8, 4) is 0 Å². The van der Waals surface area contributed by atoms with Crippen LogP contribution in [0, 0.1) is 11.8 Å². The Bertz CT molecular complexity index is 291. The monoisotopic (exact) mass is 255 g/mol. The second kappa shape index (κ2) is 10.0. The number of ether oxygens (including phenoxy) is 1. The summed E-state index contributed by atoms with van der Waals surface area (Å²) in [7, 11) is 0. The van der Waals surface area contributed by atoms with Gasteiger partial charge in [-0.15, -0.1) is 0 Å². The lowest BCUT2D eigenvalue weighted by Crippen LogP contribution is -2.22. The molecule has 1 unspecified atom stereocenters. The van der Waals surface area contributed by atoms with E-state index in [9.17, 15) is 4.39 Å². The van der Waals surface area contributed by atoms with Crippen LogP contribution in [0.5, 0.6) is 0 Å². The van der Waals surface area contributed by atoms with Crippen molar-refractivity contribution < 1.29 is 9.13 Å². The maximum atomic E-state index is 13.7. The number of halogens is 1. The highest BCUT2D eigenvalue weighted by atomic mass is 19.1. The lowest BCUT2D eigenvalue weighted by atomic mass is 9.85. The van der Waals surface area contributed by atoms with Crippen molar-refractivity contribution in [2.75, 3.05) is 13.2 Å². The first-order valence-electron chi connectivity index (χ1n) is 6.77. The van der Waals surface area contributed by atoms with E-state index in [0.717, 1.165) is 26.1 Å². The fourth-order valence-corrected chi connectivity index (χ4v) is 2.11. The Labute approximate surface area is 111 Å². The van der Waals surface area contributed by atoms with Crippen LogP contribution in [0.15, 0.2) is 28.7 Å². The van der Waals surface area contributed by atoms with Crippen LogP contribution in [-0.2, 0) is 4.74 Å². The van der Waals surface area contributed by atoms with E-state index in [0.29, 0.717) is 11.6 Å². The standard InChI is InChI=1S/C13H20FNO.C2H6/c1-4-5-12(14)13(15-3)10(2)11-6-8-16-9-7-11;1-2/h4-5,10-11H,3,6-9H2,1-2H3;1-2H3/b5-4-,13-12+;. The summed E-state index contributed by atoms with van der Waals surface area (Å²) in [6.07, 6.45) is 5.07. The van der Waals surface area contributed by atoms with Gasteiger partial charge in [-0.1, -0.05) is 26.8 Å². The van der Waals surface area contributed by atoms with Crippen molar-refractivity contribution in [1.82, 2.24) is 0 Å². The molecule has 0 saturated carbocycles. The van der Waals surface area contributed by atoms with Gasteiger partial charge in [-0.2, -0.15) is 0 Å². The summed E-state index contributed by atoms with van der Waals surface area (Å²) in [5.41, 5.74) is 0.477. The molecule has 0 aromatic heterocycles. The topological polar surface area (TPSA) is 21.6 Å². The summed E-state index contributed by atoms with van der Waals surface area (Å²) in [6.45, 7) is 12.8. The lowest BCUT2D eigenvalue weighted by molar-refractivity contribution is 0.0541. The number of nitrogens with zero attached hydrogens (tertiary/aromatic N) is 1. The second-order valence-electron chi connectivity index (χ2n) is 4.13. The molecule has 0 N–H and O–H groups in total. The largest absolute Gasteiger partial charge is 0.381 e. The predicted octanol–water partition coefficient (Wildman–Crippen LogP) is 4.53. The SMILES string of the molecule is C=N/C(=C(F)\C=C/C)C(C)C1CCOCC1.CC. The maximum absolute atomic E-state index is 13.7. The van der Waals surface area contributed by atoms with Crippen LogP contribution in [-0.4, -0.2) is 19.9 Å². The summed E-state index contributed by atoms with van der Waals surface area (Å²) in [5.74, 6) is 0.291. The molecule has 0 radical (unpaired) electrons. The fraction of sp³-hybridized carbons (Fsp3) is 0.667. The number of aliphatic imine (C=N–C) groups is 1. The van der Waals surface area contributed by atoms with Crippen LogP contribution >= 0.6 is 0 Å². The molecule has 1 rings (SSSR count). The van der Waals surface area contributed by atoms with Crippen LogP contribution in [0.3, 0.4) is 0 Å². The van der Waals surface area contributed by atoms with Crippen molar-refractivity contribution in [2.45, 2.75) is 40.5 Å². The molecule has 0 spiro atoms. The smallest absolute Gasteiger partial charge is 0.144 e. The zero-order valence-electron chi connectivity index (χ0n) is 12.1. The van der Waals surface area contributed by atoms with E-state index in [2.05, 4.69) is 11.7 Å². The molecule has 1 saturated heterocycles. The van der Waals surface area contributed by atoms with Crippen molar-refractivity contribution >= 4 is 6.72 Å². The first-order chi connectivity index (χ1) is 8.70. The summed E-state index contributed by atoms with van der Waals surface area (Å²) in [6, 6.07) is 0. The van der Waals surface area contributed by atoms with Crippen LogP contribution in [0.25, 0.3) is 0 Å². The molecule has 0 amide bonds. The van der Waals surface area contributed by atoms with E-state index in [4.69, 9.17) is 4.74 Å². The van der Waals surface area contributed by atoms with E-state index in [1.165, 1.54) is 6.08 Å². The van der Waals surface area contributed by atoms with Crippen molar-refractivity contribution in [1.29, 1.82) is 0 Å². The first kappa shape index (κ1) is 17.0. The normalized spacial score (nSPS) is 19.8. The second-order valence-corrected chi connectivity index (χ2v) is 4.13. The highest BCUT2D eigenvalue weighted by molar-refractivity contribution is 5.33. The fourth-order valence-electron chi connectivity index (χ4n) is 2.11. The summed E-state index contributed by atoms with van der Waals surface area (Å²) in [4.78, 5) is 3.84. The molecule has 0 aromatic rings. The Hall–Kier alpha value is -0.960. The van der Waals surface area contributed by atoms with Crippen LogP contribution in [0.1, 0.15) is 40.5 Å². The lowest BCUT2D eigenvalue weighted by Gasteiger charge is -2.27. The Morgan fingerprint density at radius 1 is 1.39 bits per heavy atom. The van der Waals surface area contributed by atoms with Gasteiger partial charge in [-0.05, 0) is 38.5 Å². The van der Waals surface area contributed by atoms with Crippen LogP contribution in [0.2, 0.25) is 0 Å². The molecular formula is C15H26FNO. The molecule has 18 heavy (non-hydrogen) atoms. The van der Waals surface area contributed by atoms with E-state index in [1.54, 1.807) is 13.0 Å². The van der Waals surface area contributed by atoms with Gasteiger partial charge in [-0.3, -0.25) is 4.99 Å². The van der Waals surface area contributed by atoms with Gasteiger partial charge < -0.3 is 4.74 Å². The average molecular weight is 255 g/mol. The molecule has 0 bridgehead atoms. The highest BCUT2D eigenvalue weighted by Crippen LogP contribution is 2.31. The minimum Gasteiger partial charge on any atom is -0.381 e. The van der Waals surface area contributed by atoms with Crippen LogP contribution in [0.4, 0.5) is 4.39 Å². The van der Waals surface area contributed by atoms with Crippen molar-refractivity contribution in [3.05, 3.63) is 23.7 Å². The van der Waals surface area contributed by atoms with Gasteiger partial charge in [0.25, 0.3) is 0 Å². The molecule has 3 heteroatoms. The van der Waals surface area contributed by atoms with E-state index in [1.807, 2.05) is 20.8 Å². The molecule has 0 aliphatic carbocycles. The molecular weight excluding hydrogens is 229 g/mol. The van der Waals surface area contributed by atoms with Gasteiger partial charge in [0.15, 0.2) is 0 Å². The molecule has 1 aliphatic heterocycles. The Morgan fingerprint density at radius 3 is 2.39 bits per heavy atom. The Balaban J connectivity index is 0.00000137. The van der Waals surface area contributed by atoms with E-state index < -0.39 is 0 Å². The van der Waals surface area contributed by atoms with Gasteiger partial charge in [0.2, 0.25) is 0 Å². The van der Waals surface area contributed by atoms with E-state index in [-0.39, 0.29) is 11.7 Å². The third-order valence-electron chi connectivity index (χ3n) is 3.13. The molecule has 1 heterocycles. The average Bonchev–Trinajstić information content (AvgIpc) is 2.43. The van der Waals surface area contributed by atoms with Crippen LogP contribution < -0.4 is 0 Å². The molecule has 1 atom stereocenters. The van der Waals surface area contributed by atoms with Gasteiger partial charge in [0.1, 0.15) is 5.83 Å². The van der Waals surface area contributed by atoms with Gasteiger partial charge >= 0.3 is 0 Å². The number of hydrogen-bond acceptors (Lipinski definition) is 2. The molecule has 1 aliphatic rings. The Morgan fingerprint density at radius 2 is 1.94 bits per heavy atom. The minimum atomic E-state index is -0.267. The van der Waals surface area contributed by atoms with Crippen molar-refractivity contribution in [3.63, 3.8) is 0 Å². The maximum Gasteiger partial charge on any atom is 0.144 e. The van der Waals surface area contributed by atoms with Gasteiger partial charge in [0, 0.05) is 19.1 Å². The zero-order chi connectivity index (χ0) is 14.0. The van der Waals surface area contributed by atoms with Crippen molar-refractivity contribution in [2.24, 2.45) is 16.8 Å². The summed E-state index contributed by atoms with van der Waals surface area (Å²) in [5, 5.41) is 0. The number of rotatable bonds is 4. The predicted molar refractivity (Wildman–Crippen MR) is 76.6 cm³/mol. The third kappa shape index (κ3) is 5.13. The number of hydrogen-bond donors (Lipinski definition) is 0. The van der Waals surface area contributed by atoms with Gasteiger partial charge in [0.05, 0.1) is 5.70 Å². The first-order valence-corrected chi connectivity index (χ1v) is 6.77. The Kier molecular flexibility index (Phi) is 9.47. The summed E-state index contributed by atoms with van der Waals surface area (Å²) >= 11 is 0. The highest BCUT2D eigenvalue weighted by Gasteiger charge is 2.24. The molecule has 1 fully saturated rings. The third-order valence-corrected chi connectivity index (χ3v) is 3.13. The van der Waals surface area contributed by atoms with E-state index >= 15 is 0 Å². The molecule has 0 aromatic carbocycles. The minimum absolute atomic E-state index is 0.109. The molecule has 104 valence electrons.